The van der Waals surface area contributed by atoms with Gasteiger partial charge in [0.25, 0.3) is 0 Å². The van der Waals surface area contributed by atoms with Gasteiger partial charge in [-0.1, -0.05) is 0 Å². The Kier molecular flexibility index (Phi) is 5.75. The molecule has 0 aromatic rings. The molecule has 1 rings (SSSR count). The summed E-state index contributed by atoms with van der Waals surface area (Å²) in [6.45, 7) is 4.09. The average molecular weight is 274 g/mol. The van der Waals surface area contributed by atoms with Gasteiger partial charge in [0.15, 0.2) is 6.10 Å². The second kappa shape index (κ2) is 7.08. The van der Waals surface area contributed by atoms with E-state index in [9.17, 15) is 14.4 Å². The van der Waals surface area contributed by atoms with E-state index in [1.807, 2.05) is 0 Å². The van der Waals surface area contributed by atoms with E-state index >= 15 is 0 Å². The van der Waals surface area contributed by atoms with Gasteiger partial charge in [0.05, 0.1) is 6.61 Å². The van der Waals surface area contributed by atoms with Gasteiger partial charge in [0.1, 0.15) is 18.8 Å². The van der Waals surface area contributed by atoms with Crippen LogP contribution in [0, 0.1) is 0 Å². The third-order valence-electron chi connectivity index (χ3n) is 2.54. The fourth-order valence-corrected chi connectivity index (χ4v) is 1.86. The number of rotatable bonds is 4. The number of carbonyl (C=O) groups excluding carboxylic acids is 3. The first-order chi connectivity index (χ1) is 8.90. The number of ether oxygens (including phenoxy) is 4. The molecule has 3 atom stereocenters. The lowest BCUT2D eigenvalue weighted by Crippen LogP contribution is -2.50. The lowest BCUT2D eigenvalue weighted by Gasteiger charge is -2.36. The van der Waals surface area contributed by atoms with E-state index in [1.54, 1.807) is 0 Å². The van der Waals surface area contributed by atoms with Crippen LogP contribution in [0.15, 0.2) is 0 Å². The van der Waals surface area contributed by atoms with Crippen molar-refractivity contribution >= 4 is 17.9 Å². The van der Waals surface area contributed by atoms with Gasteiger partial charge in [-0.2, -0.15) is 0 Å². The molecule has 0 N–H and O–H groups in total. The van der Waals surface area contributed by atoms with Gasteiger partial charge in [-0.15, -0.1) is 0 Å². The molecule has 0 radical (unpaired) electrons. The molecule has 1 aliphatic heterocycles. The summed E-state index contributed by atoms with van der Waals surface area (Å²) in [5.41, 5.74) is 0. The summed E-state index contributed by atoms with van der Waals surface area (Å²) in [5.74, 6) is -1.43. The van der Waals surface area contributed by atoms with Gasteiger partial charge < -0.3 is 18.9 Å². The molecule has 108 valence electrons. The number of hydrogen-bond acceptors (Lipinski definition) is 7. The second-order valence-corrected chi connectivity index (χ2v) is 4.22. The van der Waals surface area contributed by atoms with Crippen LogP contribution in [0.4, 0.5) is 0 Å². The molecule has 7 heteroatoms. The molecule has 1 saturated heterocycles. The molecule has 1 aliphatic rings. The van der Waals surface area contributed by atoms with E-state index in [4.69, 9.17) is 18.9 Å². The minimum atomic E-state index is -0.769. The Morgan fingerprint density at radius 2 is 1.68 bits per heavy atom. The molecule has 0 saturated carbocycles. The van der Waals surface area contributed by atoms with Gasteiger partial charge in [0.2, 0.25) is 0 Å². The summed E-state index contributed by atoms with van der Waals surface area (Å²) in [4.78, 5) is 32.9. The van der Waals surface area contributed by atoms with Crippen LogP contribution < -0.4 is 0 Å². The molecule has 2 unspecified atom stereocenters. The molecule has 0 aromatic carbocycles. The van der Waals surface area contributed by atoms with Crippen molar-refractivity contribution in [2.45, 2.75) is 45.5 Å². The summed E-state index contributed by atoms with van der Waals surface area (Å²) in [6, 6.07) is 0. The highest BCUT2D eigenvalue weighted by atomic mass is 16.6. The van der Waals surface area contributed by atoms with E-state index < -0.39 is 36.2 Å². The Bertz CT molecular complexity index is 352. The minimum Gasteiger partial charge on any atom is -0.463 e. The van der Waals surface area contributed by atoms with E-state index in [0.717, 1.165) is 0 Å². The number of esters is 3. The summed E-state index contributed by atoms with van der Waals surface area (Å²) in [7, 11) is 0. The molecule has 0 bridgehead atoms. The van der Waals surface area contributed by atoms with Crippen LogP contribution in [0.25, 0.3) is 0 Å². The summed E-state index contributed by atoms with van der Waals surface area (Å²) < 4.78 is 20.5. The van der Waals surface area contributed by atoms with Crippen LogP contribution in [-0.4, -0.2) is 49.4 Å². The highest BCUT2D eigenvalue weighted by Gasteiger charge is 2.39. The largest absolute Gasteiger partial charge is 0.463 e. The molecule has 0 amide bonds. The van der Waals surface area contributed by atoms with Gasteiger partial charge in [-0.25, -0.2) is 0 Å². The quantitative estimate of drug-likeness (QED) is 0.534. The zero-order chi connectivity index (χ0) is 14.4. The first kappa shape index (κ1) is 15.4. The molecule has 1 heterocycles. The van der Waals surface area contributed by atoms with Crippen molar-refractivity contribution in [2.75, 3.05) is 13.2 Å². The van der Waals surface area contributed by atoms with Crippen molar-refractivity contribution in [3.8, 4) is 0 Å². The molecule has 0 aliphatic carbocycles. The lowest BCUT2D eigenvalue weighted by atomic mass is 10.0. The van der Waals surface area contributed by atoms with Crippen molar-refractivity contribution in [1.82, 2.24) is 0 Å². The fourth-order valence-electron chi connectivity index (χ4n) is 1.86. The molecule has 0 spiro atoms. The summed E-state index contributed by atoms with van der Waals surface area (Å²) in [6.07, 6.45) is -1.57. The van der Waals surface area contributed by atoms with Crippen LogP contribution in [0.1, 0.15) is 27.2 Å². The fraction of sp³-hybridized carbons (Fsp3) is 0.750. The van der Waals surface area contributed by atoms with Crippen LogP contribution in [0.3, 0.4) is 0 Å². The SMILES string of the molecule is CC(=O)OCC1OCCC(OC(C)=O)[C@@H]1OC(C)=O. The molecule has 1 fully saturated rings. The molecule has 0 aromatic heterocycles. The third kappa shape index (κ3) is 5.25. The minimum absolute atomic E-state index is 0.0506. The molecule has 19 heavy (non-hydrogen) atoms. The van der Waals surface area contributed by atoms with Gasteiger partial charge in [-0.3, -0.25) is 14.4 Å². The van der Waals surface area contributed by atoms with Crippen molar-refractivity contribution in [3.63, 3.8) is 0 Å². The van der Waals surface area contributed by atoms with Crippen LogP contribution >= 0.6 is 0 Å². The van der Waals surface area contributed by atoms with Gasteiger partial charge in [-0.05, 0) is 0 Å². The zero-order valence-electron chi connectivity index (χ0n) is 11.2. The predicted octanol–water partition coefficient (Wildman–Crippen LogP) is 0.202. The first-order valence-electron chi connectivity index (χ1n) is 5.99. The monoisotopic (exact) mass is 274 g/mol. The second-order valence-electron chi connectivity index (χ2n) is 4.22. The van der Waals surface area contributed by atoms with Crippen molar-refractivity contribution < 1.29 is 33.3 Å². The van der Waals surface area contributed by atoms with E-state index in [2.05, 4.69) is 0 Å². The molecule has 7 nitrogen and oxygen atoms in total. The smallest absolute Gasteiger partial charge is 0.303 e. The lowest BCUT2D eigenvalue weighted by molar-refractivity contribution is -0.200. The maximum atomic E-state index is 11.1. The maximum absolute atomic E-state index is 11.1. The Hall–Kier alpha value is -1.63. The third-order valence-corrected chi connectivity index (χ3v) is 2.54. The predicted molar refractivity (Wildman–Crippen MR) is 62.1 cm³/mol. The Morgan fingerprint density at radius 1 is 1.05 bits per heavy atom. The molecular weight excluding hydrogens is 256 g/mol. The summed E-state index contributed by atoms with van der Waals surface area (Å²) >= 11 is 0. The van der Waals surface area contributed by atoms with Crippen LogP contribution in [-0.2, 0) is 33.3 Å². The standard InChI is InChI=1S/C12H18O7/c1-7(13)17-6-11-12(19-9(3)15)10(4-5-16-11)18-8(2)14/h10-12H,4-6H2,1-3H3/t10?,11?,12-/m0/s1. The van der Waals surface area contributed by atoms with Gasteiger partial charge >= 0.3 is 17.9 Å². The van der Waals surface area contributed by atoms with E-state index in [1.165, 1.54) is 20.8 Å². The Balaban J connectivity index is 2.72. The summed E-state index contributed by atoms with van der Waals surface area (Å²) in [5, 5.41) is 0. The maximum Gasteiger partial charge on any atom is 0.303 e. The van der Waals surface area contributed by atoms with E-state index in [0.29, 0.717) is 13.0 Å². The zero-order valence-corrected chi connectivity index (χ0v) is 11.2. The highest BCUT2D eigenvalue weighted by Crippen LogP contribution is 2.22. The van der Waals surface area contributed by atoms with Crippen molar-refractivity contribution in [3.05, 3.63) is 0 Å². The van der Waals surface area contributed by atoms with Crippen molar-refractivity contribution in [1.29, 1.82) is 0 Å². The van der Waals surface area contributed by atoms with Gasteiger partial charge in [0, 0.05) is 27.2 Å². The molecular formula is C12H18O7. The number of carbonyl (C=O) groups is 3. The Labute approximate surface area is 111 Å². The van der Waals surface area contributed by atoms with Crippen molar-refractivity contribution in [2.24, 2.45) is 0 Å². The van der Waals surface area contributed by atoms with Crippen LogP contribution in [0.2, 0.25) is 0 Å². The average Bonchev–Trinajstić information content (AvgIpc) is 2.28. The Morgan fingerprint density at radius 3 is 2.21 bits per heavy atom. The van der Waals surface area contributed by atoms with E-state index in [-0.39, 0.29) is 6.61 Å². The van der Waals surface area contributed by atoms with Crippen LogP contribution in [0.5, 0.6) is 0 Å². The first-order valence-corrected chi connectivity index (χ1v) is 5.99. The number of hydrogen-bond donors (Lipinski definition) is 0. The topological polar surface area (TPSA) is 88.1 Å². The highest BCUT2D eigenvalue weighted by molar-refractivity contribution is 5.67. The normalized spacial score (nSPS) is 26.4.